The molecule has 0 radical (unpaired) electrons. The third-order valence-electron chi connectivity index (χ3n) is 2.33. The SMILES string of the molecule is C=CC[C@@H](C(=O)OC)[C@H](NC(=O)C(F)(F)F)C(=O)OC. The summed E-state index contributed by atoms with van der Waals surface area (Å²) in [5.74, 6) is -5.88. The molecule has 0 spiro atoms. The van der Waals surface area contributed by atoms with Crippen molar-refractivity contribution in [2.24, 2.45) is 5.92 Å². The van der Waals surface area contributed by atoms with Gasteiger partial charge in [-0.2, -0.15) is 13.2 Å². The number of allylic oxidation sites excluding steroid dienone is 1. The second kappa shape index (κ2) is 7.51. The minimum atomic E-state index is -5.19. The van der Waals surface area contributed by atoms with Crippen molar-refractivity contribution in [1.29, 1.82) is 0 Å². The highest BCUT2D eigenvalue weighted by Gasteiger charge is 2.44. The number of hydrogen-bond acceptors (Lipinski definition) is 5. The summed E-state index contributed by atoms with van der Waals surface area (Å²) in [6.45, 7) is 3.32. The van der Waals surface area contributed by atoms with E-state index >= 15 is 0 Å². The number of ether oxygens (including phenoxy) is 2. The quantitative estimate of drug-likeness (QED) is 0.572. The summed E-state index contributed by atoms with van der Waals surface area (Å²) in [4.78, 5) is 33.8. The zero-order valence-electron chi connectivity index (χ0n) is 10.8. The van der Waals surface area contributed by atoms with E-state index in [1.54, 1.807) is 0 Å². The van der Waals surface area contributed by atoms with Crippen molar-refractivity contribution in [3.05, 3.63) is 12.7 Å². The molecular formula is C11H14F3NO5. The van der Waals surface area contributed by atoms with E-state index in [-0.39, 0.29) is 6.42 Å². The maximum Gasteiger partial charge on any atom is 0.471 e. The lowest BCUT2D eigenvalue weighted by atomic mass is 9.96. The Morgan fingerprint density at radius 2 is 1.70 bits per heavy atom. The number of hydrogen-bond donors (Lipinski definition) is 1. The largest absolute Gasteiger partial charge is 0.471 e. The monoisotopic (exact) mass is 297 g/mol. The number of rotatable bonds is 6. The first-order valence-electron chi connectivity index (χ1n) is 5.33. The first-order chi connectivity index (χ1) is 9.18. The fraction of sp³-hybridized carbons (Fsp3) is 0.545. The summed E-state index contributed by atoms with van der Waals surface area (Å²) in [5, 5.41) is 1.42. The third kappa shape index (κ3) is 4.90. The number of halogens is 3. The zero-order chi connectivity index (χ0) is 15.9. The molecule has 2 atom stereocenters. The molecular weight excluding hydrogens is 283 g/mol. The standard InChI is InChI=1S/C11H14F3NO5/c1-4-5-6(8(16)19-2)7(9(17)20-3)15-10(18)11(12,13)14/h4,6-7H,1,5H2,2-3H3,(H,15,18)/t6-,7+/m1/s1. The molecule has 0 aromatic heterocycles. The van der Waals surface area contributed by atoms with Crippen LogP contribution in [0, 0.1) is 5.92 Å². The Bertz CT molecular complexity index is 394. The maximum atomic E-state index is 12.2. The third-order valence-corrected chi connectivity index (χ3v) is 2.33. The van der Waals surface area contributed by atoms with Gasteiger partial charge in [0.25, 0.3) is 0 Å². The van der Waals surface area contributed by atoms with Crippen LogP contribution in [-0.4, -0.2) is 44.3 Å². The Balaban J connectivity index is 5.30. The van der Waals surface area contributed by atoms with E-state index in [4.69, 9.17) is 0 Å². The highest BCUT2D eigenvalue weighted by atomic mass is 19.4. The molecule has 0 fully saturated rings. The van der Waals surface area contributed by atoms with Gasteiger partial charge in [-0.15, -0.1) is 6.58 Å². The van der Waals surface area contributed by atoms with E-state index in [2.05, 4.69) is 16.1 Å². The van der Waals surface area contributed by atoms with Gasteiger partial charge in [-0.3, -0.25) is 9.59 Å². The highest BCUT2D eigenvalue weighted by molar-refractivity contribution is 5.91. The molecule has 0 unspecified atom stereocenters. The van der Waals surface area contributed by atoms with E-state index in [0.29, 0.717) is 0 Å². The van der Waals surface area contributed by atoms with Crippen molar-refractivity contribution in [3.8, 4) is 0 Å². The van der Waals surface area contributed by atoms with Gasteiger partial charge < -0.3 is 14.8 Å². The summed E-state index contributed by atoms with van der Waals surface area (Å²) in [5.41, 5.74) is 0. The van der Waals surface area contributed by atoms with Crippen molar-refractivity contribution >= 4 is 17.8 Å². The molecule has 0 aromatic carbocycles. The van der Waals surface area contributed by atoms with Crippen LogP contribution in [0.25, 0.3) is 0 Å². The minimum absolute atomic E-state index is 0.176. The smallest absolute Gasteiger partial charge is 0.469 e. The molecule has 0 aliphatic heterocycles. The fourth-order valence-electron chi connectivity index (χ4n) is 1.37. The van der Waals surface area contributed by atoms with Gasteiger partial charge in [-0.05, 0) is 6.42 Å². The molecule has 0 heterocycles. The number of nitrogens with one attached hydrogen (secondary N) is 1. The lowest BCUT2D eigenvalue weighted by Gasteiger charge is -2.23. The highest BCUT2D eigenvalue weighted by Crippen LogP contribution is 2.18. The maximum absolute atomic E-state index is 12.2. The summed E-state index contributed by atoms with van der Waals surface area (Å²) >= 11 is 0. The number of carbonyl (C=O) groups excluding carboxylic acids is 3. The second-order valence-electron chi connectivity index (χ2n) is 3.63. The molecule has 9 heteroatoms. The Hall–Kier alpha value is -2.06. The number of alkyl halides is 3. The van der Waals surface area contributed by atoms with E-state index in [1.165, 1.54) is 11.4 Å². The van der Waals surface area contributed by atoms with E-state index < -0.39 is 36.0 Å². The molecule has 0 rings (SSSR count). The van der Waals surface area contributed by atoms with Crippen molar-refractivity contribution in [2.75, 3.05) is 14.2 Å². The fourth-order valence-corrected chi connectivity index (χ4v) is 1.37. The van der Waals surface area contributed by atoms with Crippen molar-refractivity contribution in [3.63, 3.8) is 0 Å². The van der Waals surface area contributed by atoms with Crippen molar-refractivity contribution < 1.29 is 37.0 Å². The van der Waals surface area contributed by atoms with E-state index in [1.807, 2.05) is 0 Å². The van der Waals surface area contributed by atoms with Gasteiger partial charge in [0.1, 0.15) is 6.04 Å². The van der Waals surface area contributed by atoms with Gasteiger partial charge in [-0.25, -0.2) is 4.79 Å². The molecule has 0 aromatic rings. The van der Waals surface area contributed by atoms with Crippen molar-refractivity contribution in [2.45, 2.75) is 18.6 Å². The van der Waals surface area contributed by atoms with Gasteiger partial charge in [-0.1, -0.05) is 6.08 Å². The molecule has 0 saturated carbocycles. The van der Waals surface area contributed by atoms with E-state index in [0.717, 1.165) is 14.2 Å². The van der Waals surface area contributed by atoms with Crippen LogP contribution in [0.3, 0.4) is 0 Å². The van der Waals surface area contributed by atoms with Crippen molar-refractivity contribution in [1.82, 2.24) is 5.32 Å². The molecule has 0 aliphatic rings. The average Bonchev–Trinajstić information content (AvgIpc) is 2.39. The number of esters is 2. The Kier molecular flexibility index (Phi) is 6.74. The molecule has 6 nitrogen and oxygen atoms in total. The second-order valence-corrected chi connectivity index (χ2v) is 3.63. The van der Waals surface area contributed by atoms with Crippen LogP contribution in [0.2, 0.25) is 0 Å². The van der Waals surface area contributed by atoms with Crippen LogP contribution < -0.4 is 5.32 Å². The van der Waals surface area contributed by atoms with Gasteiger partial charge in [0, 0.05) is 0 Å². The van der Waals surface area contributed by atoms with Gasteiger partial charge in [0.05, 0.1) is 20.1 Å². The normalized spacial score (nSPS) is 13.8. The first-order valence-corrected chi connectivity index (χ1v) is 5.33. The number of carbonyl (C=O) groups is 3. The Labute approximate surface area is 112 Å². The molecule has 0 bridgehead atoms. The van der Waals surface area contributed by atoms with E-state index in [9.17, 15) is 27.6 Å². The Morgan fingerprint density at radius 3 is 2.05 bits per heavy atom. The van der Waals surface area contributed by atoms with Crippen LogP contribution >= 0.6 is 0 Å². The summed E-state index contributed by atoms with van der Waals surface area (Å²) in [6.07, 6.45) is -4.16. The van der Waals surface area contributed by atoms with Gasteiger partial charge in [0.2, 0.25) is 0 Å². The Morgan fingerprint density at radius 1 is 1.20 bits per heavy atom. The summed E-state index contributed by atoms with van der Waals surface area (Å²) < 4.78 is 45.3. The predicted octanol–water partition coefficient (Wildman–Crippen LogP) is 0.572. The number of amides is 1. The average molecular weight is 297 g/mol. The van der Waals surface area contributed by atoms with Crippen LogP contribution in [0.1, 0.15) is 6.42 Å². The zero-order valence-corrected chi connectivity index (χ0v) is 10.8. The predicted molar refractivity (Wildman–Crippen MR) is 60.3 cm³/mol. The lowest BCUT2D eigenvalue weighted by molar-refractivity contribution is -0.177. The van der Waals surface area contributed by atoms with Gasteiger partial charge >= 0.3 is 24.0 Å². The van der Waals surface area contributed by atoms with Gasteiger partial charge in [0.15, 0.2) is 0 Å². The van der Waals surface area contributed by atoms with Crippen LogP contribution in [-0.2, 0) is 23.9 Å². The summed E-state index contributed by atoms with van der Waals surface area (Å²) in [6, 6.07) is -1.82. The van der Waals surface area contributed by atoms with Crippen LogP contribution in [0.15, 0.2) is 12.7 Å². The minimum Gasteiger partial charge on any atom is -0.469 e. The molecule has 1 N–H and O–H groups in total. The lowest BCUT2D eigenvalue weighted by Crippen LogP contribution is -2.52. The molecule has 20 heavy (non-hydrogen) atoms. The van der Waals surface area contributed by atoms with Crippen LogP contribution in [0.5, 0.6) is 0 Å². The first kappa shape index (κ1) is 17.9. The molecule has 0 saturated heterocycles. The topological polar surface area (TPSA) is 81.7 Å². The summed E-state index contributed by atoms with van der Waals surface area (Å²) in [7, 11) is 1.91. The molecule has 1 amide bonds. The molecule has 114 valence electrons. The van der Waals surface area contributed by atoms with Crippen LogP contribution in [0.4, 0.5) is 13.2 Å². The number of methoxy groups -OCH3 is 2. The molecule has 0 aliphatic carbocycles.